The summed E-state index contributed by atoms with van der Waals surface area (Å²) < 4.78 is 32.5. The standard InChI is InChI=1S/C14H18N2O3S/c1-9(2)12-7-5-6-8-13(12)16-20(17,18)14-10(3)15-19-11(14)4/h5-9,16H,1-4H3. The second kappa shape index (κ2) is 5.28. The van der Waals surface area contributed by atoms with Gasteiger partial charge in [0.25, 0.3) is 10.0 Å². The SMILES string of the molecule is Cc1noc(C)c1S(=O)(=O)Nc1ccccc1C(C)C. The molecule has 5 nitrogen and oxygen atoms in total. The quantitative estimate of drug-likeness (QED) is 0.939. The van der Waals surface area contributed by atoms with Gasteiger partial charge in [0.05, 0.1) is 5.69 Å². The van der Waals surface area contributed by atoms with Gasteiger partial charge in [-0.25, -0.2) is 8.42 Å². The molecule has 1 N–H and O–H groups in total. The van der Waals surface area contributed by atoms with Crippen molar-refractivity contribution in [1.29, 1.82) is 0 Å². The van der Waals surface area contributed by atoms with Gasteiger partial charge in [0.15, 0.2) is 10.7 Å². The van der Waals surface area contributed by atoms with Crippen LogP contribution < -0.4 is 4.72 Å². The number of aryl methyl sites for hydroxylation is 2. The summed E-state index contributed by atoms with van der Waals surface area (Å²) in [7, 11) is -3.69. The maximum Gasteiger partial charge on any atom is 0.267 e. The van der Waals surface area contributed by atoms with Gasteiger partial charge in [-0.2, -0.15) is 0 Å². The van der Waals surface area contributed by atoms with Crippen LogP contribution in [0, 0.1) is 13.8 Å². The fraction of sp³-hybridized carbons (Fsp3) is 0.357. The van der Waals surface area contributed by atoms with Crippen molar-refractivity contribution in [3.63, 3.8) is 0 Å². The molecule has 0 radical (unpaired) electrons. The molecule has 6 heteroatoms. The highest BCUT2D eigenvalue weighted by molar-refractivity contribution is 7.92. The first kappa shape index (κ1) is 14.6. The summed E-state index contributed by atoms with van der Waals surface area (Å²) in [4.78, 5) is 0.107. The largest absolute Gasteiger partial charge is 0.360 e. The van der Waals surface area contributed by atoms with Crippen LogP contribution in [0.5, 0.6) is 0 Å². The van der Waals surface area contributed by atoms with Crippen LogP contribution in [-0.2, 0) is 10.0 Å². The van der Waals surface area contributed by atoms with E-state index < -0.39 is 10.0 Å². The number of nitrogens with zero attached hydrogens (tertiary/aromatic N) is 1. The normalized spacial score (nSPS) is 11.8. The molecule has 1 heterocycles. The van der Waals surface area contributed by atoms with E-state index in [0.717, 1.165) is 5.56 Å². The second-order valence-corrected chi connectivity index (χ2v) is 6.62. The minimum Gasteiger partial charge on any atom is -0.360 e. The number of benzene rings is 1. The Kier molecular flexibility index (Phi) is 3.85. The Labute approximate surface area is 119 Å². The van der Waals surface area contributed by atoms with Crippen molar-refractivity contribution in [3.8, 4) is 0 Å². The summed E-state index contributed by atoms with van der Waals surface area (Å²) >= 11 is 0. The monoisotopic (exact) mass is 294 g/mol. The van der Waals surface area contributed by atoms with E-state index in [1.54, 1.807) is 26.0 Å². The number of sulfonamides is 1. The Morgan fingerprint density at radius 1 is 1.20 bits per heavy atom. The lowest BCUT2D eigenvalue weighted by Gasteiger charge is -2.14. The summed E-state index contributed by atoms with van der Waals surface area (Å²) in [6.45, 7) is 7.23. The molecule has 0 bridgehead atoms. The van der Waals surface area contributed by atoms with Crippen LogP contribution in [0.15, 0.2) is 33.7 Å². The van der Waals surface area contributed by atoms with Gasteiger partial charge in [-0.3, -0.25) is 4.72 Å². The lowest BCUT2D eigenvalue weighted by molar-refractivity contribution is 0.390. The molecule has 2 aromatic rings. The lowest BCUT2D eigenvalue weighted by Crippen LogP contribution is -2.15. The second-order valence-electron chi connectivity index (χ2n) is 5.00. The maximum absolute atomic E-state index is 12.5. The molecular weight excluding hydrogens is 276 g/mol. The molecule has 0 spiro atoms. The zero-order chi connectivity index (χ0) is 14.9. The minimum atomic E-state index is -3.69. The zero-order valence-electron chi connectivity index (χ0n) is 12.0. The van der Waals surface area contributed by atoms with E-state index in [4.69, 9.17) is 4.52 Å². The van der Waals surface area contributed by atoms with Crippen LogP contribution in [0.1, 0.15) is 36.8 Å². The van der Waals surface area contributed by atoms with Gasteiger partial charge in [0, 0.05) is 0 Å². The van der Waals surface area contributed by atoms with E-state index in [1.165, 1.54) is 0 Å². The number of nitrogens with one attached hydrogen (secondary N) is 1. The predicted octanol–water partition coefficient (Wildman–Crippen LogP) is 3.22. The van der Waals surface area contributed by atoms with Crippen molar-refractivity contribution in [2.24, 2.45) is 0 Å². The molecule has 1 aromatic carbocycles. The van der Waals surface area contributed by atoms with Gasteiger partial charge in [0.1, 0.15) is 5.69 Å². The Bertz CT molecular complexity index is 698. The lowest BCUT2D eigenvalue weighted by atomic mass is 10.0. The first-order valence-corrected chi connectivity index (χ1v) is 7.86. The highest BCUT2D eigenvalue weighted by atomic mass is 32.2. The van der Waals surface area contributed by atoms with Crippen LogP contribution >= 0.6 is 0 Å². The van der Waals surface area contributed by atoms with Crippen molar-refractivity contribution in [1.82, 2.24) is 5.16 Å². The smallest absolute Gasteiger partial charge is 0.267 e. The van der Waals surface area contributed by atoms with Crippen molar-refractivity contribution in [2.45, 2.75) is 38.5 Å². The van der Waals surface area contributed by atoms with Gasteiger partial charge in [0.2, 0.25) is 0 Å². The molecular formula is C14H18N2O3S. The molecule has 0 aliphatic rings. The van der Waals surface area contributed by atoms with Crippen molar-refractivity contribution >= 4 is 15.7 Å². The highest BCUT2D eigenvalue weighted by Crippen LogP contribution is 2.27. The molecule has 2 rings (SSSR count). The van der Waals surface area contributed by atoms with Gasteiger partial charge in [-0.1, -0.05) is 37.2 Å². The van der Waals surface area contributed by atoms with Crippen molar-refractivity contribution in [2.75, 3.05) is 4.72 Å². The molecule has 0 aliphatic carbocycles. The zero-order valence-corrected chi connectivity index (χ0v) is 12.8. The Balaban J connectivity index is 2.45. The third-order valence-electron chi connectivity index (χ3n) is 3.06. The van der Waals surface area contributed by atoms with Gasteiger partial charge in [-0.05, 0) is 31.4 Å². The number of rotatable bonds is 4. The van der Waals surface area contributed by atoms with Gasteiger partial charge < -0.3 is 4.52 Å². The van der Waals surface area contributed by atoms with E-state index in [9.17, 15) is 8.42 Å². The summed E-state index contributed by atoms with van der Waals surface area (Å²) in [5, 5.41) is 3.69. The molecule has 108 valence electrons. The van der Waals surface area contributed by atoms with E-state index >= 15 is 0 Å². The molecule has 1 aromatic heterocycles. The number of anilines is 1. The van der Waals surface area contributed by atoms with E-state index in [-0.39, 0.29) is 16.6 Å². The molecule has 0 saturated carbocycles. The van der Waals surface area contributed by atoms with Crippen LogP contribution in [0.3, 0.4) is 0 Å². The summed E-state index contributed by atoms with van der Waals surface area (Å²) in [5.74, 6) is 0.510. The Morgan fingerprint density at radius 2 is 1.85 bits per heavy atom. The van der Waals surface area contributed by atoms with Gasteiger partial charge >= 0.3 is 0 Å². The van der Waals surface area contributed by atoms with E-state index in [0.29, 0.717) is 11.4 Å². The third-order valence-corrected chi connectivity index (χ3v) is 4.67. The maximum atomic E-state index is 12.5. The molecule has 0 aliphatic heterocycles. The molecule has 0 unspecified atom stereocenters. The molecule has 0 amide bonds. The average Bonchev–Trinajstić information content (AvgIpc) is 2.69. The summed E-state index contributed by atoms with van der Waals surface area (Å²) in [5.41, 5.74) is 1.89. The topological polar surface area (TPSA) is 72.2 Å². The number of aromatic nitrogens is 1. The highest BCUT2D eigenvalue weighted by Gasteiger charge is 2.25. The summed E-state index contributed by atoms with van der Waals surface area (Å²) in [6, 6.07) is 7.36. The van der Waals surface area contributed by atoms with Crippen LogP contribution in [0.4, 0.5) is 5.69 Å². The van der Waals surface area contributed by atoms with Crippen molar-refractivity contribution < 1.29 is 12.9 Å². The van der Waals surface area contributed by atoms with Crippen molar-refractivity contribution in [3.05, 3.63) is 41.3 Å². The number of para-hydroxylation sites is 1. The first-order chi connectivity index (χ1) is 9.33. The minimum absolute atomic E-state index is 0.107. The number of hydrogen-bond donors (Lipinski definition) is 1. The van der Waals surface area contributed by atoms with Crippen LogP contribution in [-0.4, -0.2) is 13.6 Å². The fourth-order valence-electron chi connectivity index (χ4n) is 2.15. The van der Waals surface area contributed by atoms with Gasteiger partial charge in [-0.15, -0.1) is 0 Å². The number of hydrogen-bond acceptors (Lipinski definition) is 4. The predicted molar refractivity (Wildman–Crippen MR) is 77.3 cm³/mol. The Hall–Kier alpha value is -1.82. The molecule has 0 fully saturated rings. The first-order valence-electron chi connectivity index (χ1n) is 6.37. The molecule has 0 saturated heterocycles. The molecule has 0 atom stereocenters. The van der Waals surface area contributed by atoms with E-state index in [1.807, 2.05) is 26.0 Å². The van der Waals surface area contributed by atoms with Crippen LogP contribution in [0.25, 0.3) is 0 Å². The fourth-order valence-corrected chi connectivity index (χ4v) is 3.57. The summed E-state index contributed by atoms with van der Waals surface area (Å²) in [6.07, 6.45) is 0. The Morgan fingerprint density at radius 3 is 2.40 bits per heavy atom. The van der Waals surface area contributed by atoms with E-state index in [2.05, 4.69) is 9.88 Å². The average molecular weight is 294 g/mol. The van der Waals surface area contributed by atoms with Crippen LogP contribution in [0.2, 0.25) is 0 Å². The third kappa shape index (κ3) is 2.70. The molecule has 20 heavy (non-hydrogen) atoms.